The molecule has 0 saturated heterocycles. The number of phenols is 1. The van der Waals surface area contributed by atoms with Gasteiger partial charge in [0.1, 0.15) is 5.75 Å². The van der Waals surface area contributed by atoms with E-state index in [0.29, 0.717) is 20.7 Å². The highest BCUT2D eigenvalue weighted by Gasteiger charge is 2.08. The molecule has 2 rings (SSSR count). The first kappa shape index (κ1) is 14.1. The fourth-order valence-electron chi connectivity index (χ4n) is 1.57. The Bertz CT molecular complexity index is 616. The van der Waals surface area contributed by atoms with E-state index in [0.717, 1.165) is 5.56 Å². The average molecular weight is 388 g/mol. The molecule has 5 heteroatoms. The molecule has 0 saturated carbocycles. The number of hydrogen-bond acceptors (Lipinski definition) is 2. The second kappa shape index (κ2) is 6.25. The lowest BCUT2D eigenvalue weighted by atomic mass is 10.2. The Morgan fingerprint density at radius 1 is 1.26 bits per heavy atom. The van der Waals surface area contributed by atoms with Gasteiger partial charge in [0.2, 0.25) is 0 Å². The number of rotatable bonds is 3. The molecule has 19 heavy (non-hydrogen) atoms. The smallest absolute Gasteiger partial charge is 0.251 e. The summed E-state index contributed by atoms with van der Waals surface area (Å²) in [6.07, 6.45) is 0. The first-order valence-electron chi connectivity index (χ1n) is 5.58. The lowest BCUT2D eigenvalue weighted by Crippen LogP contribution is -2.22. The molecule has 0 heterocycles. The highest BCUT2D eigenvalue weighted by atomic mass is 127. The third-order valence-electron chi connectivity index (χ3n) is 2.61. The van der Waals surface area contributed by atoms with Crippen LogP contribution in [-0.2, 0) is 6.54 Å². The molecular formula is C14H11ClINO2. The van der Waals surface area contributed by atoms with E-state index in [2.05, 4.69) is 5.32 Å². The van der Waals surface area contributed by atoms with Crippen LogP contribution in [0.5, 0.6) is 5.75 Å². The molecule has 0 aliphatic carbocycles. The number of benzene rings is 2. The second-order valence-electron chi connectivity index (χ2n) is 3.94. The van der Waals surface area contributed by atoms with Gasteiger partial charge in [-0.15, -0.1) is 0 Å². The van der Waals surface area contributed by atoms with E-state index >= 15 is 0 Å². The van der Waals surface area contributed by atoms with Crippen molar-refractivity contribution in [1.82, 2.24) is 5.32 Å². The van der Waals surface area contributed by atoms with E-state index in [1.165, 1.54) is 6.07 Å². The van der Waals surface area contributed by atoms with Crippen LogP contribution in [0.25, 0.3) is 0 Å². The maximum Gasteiger partial charge on any atom is 0.251 e. The molecule has 0 aliphatic rings. The fraction of sp³-hybridized carbons (Fsp3) is 0.0714. The van der Waals surface area contributed by atoms with Crippen LogP contribution in [0.1, 0.15) is 15.9 Å². The minimum Gasteiger partial charge on any atom is -0.507 e. The molecule has 2 aromatic carbocycles. The van der Waals surface area contributed by atoms with E-state index in [-0.39, 0.29) is 11.7 Å². The number of halogens is 2. The van der Waals surface area contributed by atoms with Crippen LogP contribution in [0.4, 0.5) is 0 Å². The summed E-state index contributed by atoms with van der Waals surface area (Å²) in [6, 6.07) is 12.1. The summed E-state index contributed by atoms with van der Waals surface area (Å²) in [6.45, 7) is 0.352. The molecule has 0 unspecified atom stereocenters. The summed E-state index contributed by atoms with van der Waals surface area (Å²) in [4.78, 5) is 11.9. The van der Waals surface area contributed by atoms with Crippen molar-refractivity contribution in [2.75, 3.05) is 0 Å². The Hall–Kier alpha value is -1.27. The highest BCUT2D eigenvalue weighted by Crippen LogP contribution is 2.20. The van der Waals surface area contributed by atoms with Crippen molar-refractivity contribution in [3.8, 4) is 5.75 Å². The maximum atomic E-state index is 11.9. The number of nitrogens with one attached hydrogen (secondary N) is 1. The van der Waals surface area contributed by atoms with E-state index < -0.39 is 0 Å². The summed E-state index contributed by atoms with van der Waals surface area (Å²) in [5.74, 6) is -0.141. The quantitative estimate of drug-likeness (QED) is 0.791. The third-order valence-corrected chi connectivity index (χ3v) is 3.89. The Balaban J connectivity index is 2.05. The third kappa shape index (κ3) is 3.61. The second-order valence-corrected chi connectivity index (χ2v) is 5.51. The standard InChI is InChI=1S/C14H11ClINO2/c15-11-4-2-1-3-10(11)8-17-14(19)9-5-6-12(16)13(18)7-9/h1-7,18H,8H2,(H,17,19). The van der Waals surface area contributed by atoms with Gasteiger partial charge in [-0.25, -0.2) is 0 Å². The van der Waals surface area contributed by atoms with E-state index in [1.807, 2.05) is 40.8 Å². The molecule has 2 aromatic rings. The van der Waals surface area contributed by atoms with Crippen molar-refractivity contribution in [1.29, 1.82) is 0 Å². The van der Waals surface area contributed by atoms with Crippen LogP contribution in [0.2, 0.25) is 5.02 Å². The number of hydrogen-bond donors (Lipinski definition) is 2. The first-order chi connectivity index (χ1) is 9.08. The Morgan fingerprint density at radius 2 is 2.00 bits per heavy atom. The Labute approximate surface area is 129 Å². The van der Waals surface area contributed by atoms with Crippen molar-refractivity contribution in [2.24, 2.45) is 0 Å². The molecule has 2 N–H and O–H groups in total. The van der Waals surface area contributed by atoms with Gasteiger partial charge in [-0.05, 0) is 52.4 Å². The molecule has 0 bridgehead atoms. The van der Waals surface area contributed by atoms with Crippen molar-refractivity contribution in [2.45, 2.75) is 6.54 Å². The predicted molar refractivity (Wildman–Crippen MR) is 83.4 cm³/mol. The number of phenolic OH excluding ortho intramolecular Hbond substituents is 1. The van der Waals surface area contributed by atoms with Crippen molar-refractivity contribution >= 4 is 40.1 Å². The molecule has 3 nitrogen and oxygen atoms in total. The number of carbonyl (C=O) groups excluding carboxylic acids is 1. The van der Waals surface area contributed by atoms with Crippen LogP contribution >= 0.6 is 34.2 Å². The predicted octanol–water partition coefficient (Wildman–Crippen LogP) is 3.58. The van der Waals surface area contributed by atoms with E-state index in [9.17, 15) is 9.90 Å². The fourth-order valence-corrected chi connectivity index (χ4v) is 2.11. The van der Waals surface area contributed by atoms with Crippen LogP contribution in [0.15, 0.2) is 42.5 Å². The van der Waals surface area contributed by atoms with Gasteiger partial charge in [-0.1, -0.05) is 29.8 Å². The van der Waals surface area contributed by atoms with Crippen molar-refractivity contribution in [3.05, 3.63) is 62.2 Å². The zero-order chi connectivity index (χ0) is 13.8. The molecule has 0 radical (unpaired) electrons. The van der Waals surface area contributed by atoms with Crippen LogP contribution in [-0.4, -0.2) is 11.0 Å². The first-order valence-corrected chi connectivity index (χ1v) is 7.03. The number of carbonyl (C=O) groups is 1. The summed E-state index contributed by atoms with van der Waals surface area (Å²) >= 11 is 8.01. The normalized spacial score (nSPS) is 10.2. The lowest BCUT2D eigenvalue weighted by Gasteiger charge is -2.07. The highest BCUT2D eigenvalue weighted by molar-refractivity contribution is 14.1. The van der Waals surface area contributed by atoms with E-state index in [4.69, 9.17) is 11.6 Å². The van der Waals surface area contributed by atoms with Gasteiger partial charge in [-0.2, -0.15) is 0 Å². The van der Waals surface area contributed by atoms with Gasteiger partial charge in [0.15, 0.2) is 0 Å². The van der Waals surface area contributed by atoms with Crippen molar-refractivity contribution in [3.63, 3.8) is 0 Å². The molecule has 0 spiro atoms. The van der Waals surface area contributed by atoms with Gasteiger partial charge < -0.3 is 10.4 Å². The van der Waals surface area contributed by atoms with Gasteiger partial charge in [-0.3, -0.25) is 4.79 Å². The van der Waals surface area contributed by atoms with Gasteiger partial charge >= 0.3 is 0 Å². The maximum absolute atomic E-state index is 11.9. The number of aromatic hydroxyl groups is 1. The summed E-state index contributed by atoms with van der Waals surface area (Å²) in [7, 11) is 0. The van der Waals surface area contributed by atoms with Crippen LogP contribution in [0, 0.1) is 3.57 Å². The zero-order valence-corrected chi connectivity index (χ0v) is 12.8. The number of amides is 1. The van der Waals surface area contributed by atoms with Crippen LogP contribution in [0.3, 0.4) is 0 Å². The molecule has 0 fully saturated rings. The van der Waals surface area contributed by atoms with Gasteiger partial charge in [0.25, 0.3) is 5.91 Å². The van der Waals surface area contributed by atoms with E-state index in [1.54, 1.807) is 18.2 Å². The summed E-state index contributed by atoms with van der Waals surface area (Å²) in [5, 5.41) is 13.0. The minimum atomic E-state index is -0.244. The zero-order valence-electron chi connectivity index (χ0n) is 9.86. The topological polar surface area (TPSA) is 49.3 Å². The molecule has 1 amide bonds. The Kier molecular flexibility index (Phi) is 4.66. The van der Waals surface area contributed by atoms with Crippen LogP contribution < -0.4 is 5.32 Å². The van der Waals surface area contributed by atoms with Gasteiger partial charge in [0.05, 0.1) is 3.57 Å². The monoisotopic (exact) mass is 387 g/mol. The molecule has 0 aliphatic heterocycles. The summed E-state index contributed by atoms with van der Waals surface area (Å²) < 4.78 is 0.709. The molecule has 98 valence electrons. The molecule has 0 atom stereocenters. The Morgan fingerprint density at radius 3 is 2.68 bits per heavy atom. The van der Waals surface area contributed by atoms with Gasteiger partial charge in [0, 0.05) is 17.1 Å². The molecule has 0 aromatic heterocycles. The summed E-state index contributed by atoms with van der Waals surface area (Å²) in [5.41, 5.74) is 1.28. The SMILES string of the molecule is O=C(NCc1ccccc1Cl)c1ccc(I)c(O)c1. The lowest BCUT2D eigenvalue weighted by molar-refractivity contribution is 0.0950. The average Bonchev–Trinajstić information content (AvgIpc) is 2.40. The minimum absolute atomic E-state index is 0.103. The largest absolute Gasteiger partial charge is 0.507 e. The van der Waals surface area contributed by atoms with Crippen molar-refractivity contribution < 1.29 is 9.90 Å². The molecular weight excluding hydrogens is 377 g/mol.